The molecule has 0 spiro atoms. The lowest BCUT2D eigenvalue weighted by Crippen LogP contribution is -2.40. The summed E-state index contributed by atoms with van der Waals surface area (Å²) in [6.07, 6.45) is 6.01. The molecule has 0 bridgehead atoms. The molecule has 2 unspecified atom stereocenters. The van der Waals surface area contributed by atoms with Gasteiger partial charge < -0.3 is 10.6 Å². The molecule has 4 nitrogen and oxygen atoms in total. The van der Waals surface area contributed by atoms with Crippen LogP contribution < -0.4 is 10.6 Å². The van der Waals surface area contributed by atoms with E-state index in [1.54, 1.807) is 0 Å². The van der Waals surface area contributed by atoms with Crippen LogP contribution in [-0.4, -0.2) is 17.9 Å². The van der Waals surface area contributed by atoms with Gasteiger partial charge in [0.2, 0.25) is 5.91 Å². The van der Waals surface area contributed by atoms with Crippen LogP contribution in [0.15, 0.2) is 40.1 Å². The minimum Gasteiger partial charge on any atom is -0.350 e. The van der Waals surface area contributed by atoms with Crippen molar-refractivity contribution in [3.63, 3.8) is 0 Å². The molecule has 1 aromatic carbocycles. The molecule has 2 N–H and O–H groups in total. The molecule has 1 aliphatic heterocycles. The summed E-state index contributed by atoms with van der Waals surface area (Å²) in [5.74, 6) is 0.121. The summed E-state index contributed by atoms with van der Waals surface area (Å²) in [5, 5.41) is 5.87. The normalized spacial score (nSPS) is 26.2. The van der Waals surface area contributed by atoms with Gasteiger partial charge in [-0.1, -0.05) is 43.7 Å². The van der Waals surface area contributed by atoms with Gasteiger partial charge in [-0.15, -0.1) is 0 Å². The van der Waals surface area contributed by atoms with Gasteiger partial charge in [0.05, 0.1) is 10.6 Å². The number of hydrogen-bond acceptors (Lipinski definition) is 3. The summed E-state index contributed by atoms with van der Waals surface area (Å²) in [4.78, 5) is 25.7. The first-order chi connectivity index (χ1) is 10.6. The van der Waals surface area contributed by atoms with Crippen molar-refractivity contribution in [3.05, 3.63) is 35.2 Å². The third-order valence-corrected chi connectivity index (χ3v) is 5.38. The number of carbonyl (C=O) groups is 2. The maximum Gasteiger partial charge on any atom is 0.262 e. The number of rotatable bonds is 2. The van der Waals surface area contributed by atoms with Gasteiger partial charge in [0.1, 0.15) is 0 Å². The van der Waals surface area contributed by atoms with Gasteiger partial charge in [0.15, 0.2) is 0 Å². The monoisotopic (exact) mass is 316 g/mol. The van der Waals surface area contributed by atoms with Crippen LogP contribution in [0.5, 0.6) is 0 Å². The number of anilines is 1. The van der Waals surface area contributed by atoms with E-state index in [0.717, 1.165) is 29.8 Å². The van der Waals surface area contributed by atoms with E-state index in [4.69, 9.17) is 0 Å². The molecule has 0 aromatic heterocycles. The summed E-state index contributed by atoms with van der Waals surface area (Å²) in [6, 6.07) is 7.83. The summed E-state index contributed by atoms with van der Waals surface area (Å²) in [7, 11) is 0. The molecule has 1 aromatic rings. The fraction of sp³-hybridized carbons (Fsp3) is 0.412. The molecule has 2 aliphatic rings. The lowest BCUT2D eigenvalue weighted by atomic mass is 9.86. The van der Waals surface area contributed by atoms with Gasteiger partial charge in [-0.2, -0.15) is 0 Å². The highest BCUT2D eigenvalue weighted by Gasteiger charge is 2.24. The van der Waals surface area contributed by atoms with Crippen molar-refractivity contribution in [2.75, 3.05) is 5.32 Å². The lowest BCUT2D eigenvalue weighted by molar-refractivity contribution is -0.118. The number of hydrogen-bond donors (Lipinski definition) is 2. The summed E-state index contributed by atoms with van der Waals surface area (Å²) >= 11 is 1.34. The highest BCUT2D eigenvalue weighted by Crippen LogP contribution is 2.37. The van der Waals surface area contributed by atoms with Crippen molar-refractivity contribution in [2.45, 2.75) is 43.5 Å². The van der Waals surface area contributed by atoms with Gasteiger partial charge >= 0.3 is 0 Å². The van der Waals surface area contributed by atoms with Crippen LogP contribution in [-0.2, 0) is 9.59 Å². The molecule has 1 fully saturated rings. The second-order valence-corrected chi connectivity index (χ2v) is 7.02. The van der Waals surface area contributed by atoms with Gasteiger partial charge in [0, 0.05) is 17.0 Å². The van der Waals surface area contributed by atoms with Crippen LogP contribution in [0.2, 0.25) is 0 Å². The SMILES string of the molecule is CC1CCCCC1NC(=O)C=C1Sc2ccccc2NC1=O. The van der Waals surface area contributed by atoms with Gasteiger partial charge in [0.25, 0.3) is 5.91 Å². The van der Waals surface area contributed by atoms with E-state index < -0.39 is 0 Å². The molecule has 2 atom stereocenters. The Morgan fingerprint density at radius 1 is 1.32 bits per heavy atom. The molecule has 1 heterocycles. The number of carbonyl (C=O) groups excluding carboxylic acids is 2. The van der Waals surface area contributed by atoms with E-state index in [2.05, 4.69) is 17.6 Å². The number of fused-ring (bicyclic) bond motifs is 1. The predicted molar refractivity (Wildman–Crippen MR) is 88.6 cm³/mol. The second-order valence-electron chi connectivity index (χ2n) is 5.94. The third kappa shape index (κ3) is 3.35. The quantitative estimate of drug-likeness (QED) is 0.823. The van der Waals surface area contributed by atoms with E-state index in [0.29, 0.717) is 10.8 Å². The Morgan fingerprint density at radius 3 is 2.91 bits per heavy atom. The Kier molecular flexibility index (Phi) is 4.52. The fourth-order valence-corrected chi connectivity index (χ4v) is 3.90. The molecule has 2 amide bonds. The lowest BCUT2D eigenvalue weighted by Gasteiger charge is -2.29. The van der Waals surface area contributed by atoms with E-state index in [-0.39, 0.29) is 17.9 Å². The van der Waals surface area contributed by atoms with Gasteiger partial charge in [-0.05, 0) is 30.9 Å². The van der Waals surface area contributed by atoms with E-state index in [9.17, 15) is 9.59 Å². The van der Waals surface area contributed by atoms with Gasteiger partial charge in [-0.3, -0.25) is 9.59 Å². The zero-order chi connectivity index (χ0) is 15.5. The minimum atomic E-state index is -0.212. The highest BCUT2D eigenvalue weighted by molar-refractivity contribution is 8.04. The first kappa shape index (κ1) is 15.2. The molecule has 116 valence electrons. The van der Waals surface area contributed by atoms with Crippen LogP contribution in [0.1, 0.15) is 32.6 Å². The highest BCUT2D eigenvalue weighted by atomic mass is 32.2. The van der Waals surface area contributed by atoms with Gasteiger partial charge in [-0.25, -0.2) is 0 Å². The zero-order valence-electron chi connectivity index (χ0n) is 12.6. The van der Waals surface area contributed by atoms with Crippen molar-refractivity contribution in [1.29, 1.82) is 0 Å². The number of nitrogens with one attached hydrogen (secondary N) is 2. The van der Waals surface area contributed by atoms with Crippen molar-refractivity contribution in [3.8, 4) is 0 Å². The van der Waals surface area contributed by atoms with Crippen LogP contribution in [0, 0.1) is 5.92 Å². The topological polar surface area (TPSA) is 58.2 Å². The molecule has 1 saturated carbocycles. The molecule has 0 saturated heterocycles. The molecular weight excluding hydrogens is 296 g/mol. The number of benzene rings is 1. The van der Waals surface area contributed by atoms with Crippen LogP contribution in [0.3, 0.4) is 0 Å². The minimum absolute atomic E-state index is 0.171. The second kappa shape index (κ2) is 6.57. The molecule has 22 heavy (non-hydrogen) atoms. The maximum absolute atomic E-state index is 12.2. The van der Waals surface area contributed by atoms with Crippen LogP contribution in [0.4, 0.5) is 5.69 Å². The molecular formula is C17H20N2O2S. The average Bonchev–Trinajstić information content (AvgIpc) is 2.50. The standard InChI is InChI=1S/C17H20N2O2S/c1-11-6-2-3-7-12(11)18-16(20)10-15-17(21)19-13-8-4-5-9-14(13)22-15/h4-5,8-12H,2-3,6-7H2,1H3,(H,18,20)(H,19,21). The largest absolute Gasteiger partial charge is 0.350 e. The van der Waals surface area contributed by atoms with Crippen molar-refractivity contribution >= 4 is 29.3 Å². The van der Waals surface area contributed by atoms with E-state index >= 15 is 0 Å². The smallest absolute Gasteiger partial charge is 0.262 e. The zero-order valence-corrected chi connectivity index (χ0v) is 13.4. The molecule has 1 aliphatic carbocycles. The van der Waals surface area contributed by atoms with E-state index in [1.807, 2.05) is 24.3 Å². The molecule has 3 rings (SSSR count). The third-order valence-electron chi connectivity index (χ3n) is 4.28. The van der Waals surface area contributed by atoms with Crippen molar-refractivity contribution in [2.24, 2.45) is 5.92 Å². The number of amides is 2. The Bertz CT molecular complexity index is 627. The average molecular weight is 316 g/mol. The fourth-order valence-electron chi connectivity index (χ4n) is 2.98. The van der Waals surface area contributed by atoms with E-state index in [1.165, 1.54) is 24.3 Å². The molecule has 5 heteroatoms. The Hall–Kier alpha value is -1.75. The Morgan fingerprint density at radius 2 is 2.09 bits per heavy atom. The summed E-state index contributed by atoms with van der Waals surface area (Å²) in [5.41, 5.74) is 0.802. The first-order valence-corrected chi connectivity index (χ1v) is 8.55. The predicted octanol–water partition coefficient (Wildman–Crippen LogP) is 3.31. The first-order valence-electron chi connectivity index (χ1n) is 7.74. The summed E-state index contributed by atoms with van der Waals surface area (Å²) in [6.45, 7) is 2.18. The number of para-hydroxylation sites is 1. The molecule has 0 radical (unpaired) electrons. The maximum atomic E-state index is 12.2. The Labute approximate surface area is 134 Å². The Balaban J connectivity index is 1.69. The van der Waals surface area contributed by atoms with Crippen molar-refractivity contribution < 1.29 is 9.59 Å². The van der Waals surface area contributed by atoms with Crippen LogP contribution in [0.25, 0.3) is 0 Å². The number of thioether (sulfide) groups is 1. The van der Waals surface area contributed by atoms with Crippen molar-refractivity contribution in [1.82, 2.24) is 5.32 Å². The van der Waals surface area contributed by atoms with Crippen LogP contribution >= 0.6 is 11.8 Å². The summed E-state index contributed by atoms with van der Waals surface area (Å²) < 4.78 is 0.